The van der Waals surface area contributed by atoms with Gasteiger partial charge < -0.3 is 29.4 Å². The van der Waals surface area contributed by atoms with E-state index >= 15 is 0 Å². The van der Waals surface area contributed by atoms with Crippen LogP contribution in [0.15, 0.2) is 72.1 Å². The number of hydrogen-bond acceptors (Lipinski definition) is 8. The summed E-state index contributed by atoms with van der Waals surface area (Å²) in [6, 6.07) is 19.7. The Morgan fingerprint density at radius 2 is 1.74 bits per heavy atom. The van der Waals surface area contributed by atoms with Crippen LogP contribution < -0.4 is 29.4 Å². The standard InChI is InChI=1S/C34H38N2O6/c1-5-6-7-8-17-39-29-16-11-24(18-31(29)38-4)32-27-15-14-26(19-30(27)42-33(36)28(32)20-35)41-34(37)23-9-12-25(13-10-23)40-21-22(2)3/h9-16,18-19,22,32H,5-8,17,21,36H2,1-4H3. The second-order valence-corrected chi connectivity index (χ2v) is 10.6. The Hall–Kier alpha value is -4.64. The molecule has 1 atom stereocenters. The summed E-state index contributed by atoms with van der Waals surface area (Å²) >= 11 is 0. The molecule has 0 aromatic heterocycles. The highest BCUT2D eigenvalue weighted by Crippen LogP contribution is 2.45. The van der Waals surface area contributed by atoms with Crippen molar-refractivity contribution < 1.29 is 28.5 Å². The lowest BCUT2D eigenvalue weighted by Gasteiger charge is -2.27. The van der Waals surface area contributed by atoms with E-state index in [1.807, 2.05) is 18.2 Å². The number of rotatable bonds is 13. The Kier molecular flexibility index (Phi) is 10.3. The maximum atomic E-state index is 12.8. The summed E-state index contributed by atoms with van der Waals surface area (Å²) in [6.45, 7) is 7.50. The van der Waals surface area contributed by atoms with Crippen molar-refractivity contribution in [1.29, 1.82) is 5.26 Å². The van der Waals surface area contributed by atoms with Crippen LogP contribution in [0, 0.1) is 17.2 Å². The predicted molar refractivity (Wildman–Crippen MR) is 160 cm³/mol. The van der Waals surface area contributed by atoms with E-state index in [1.54, 1.807) is 49.6 Å². The van der Waals surface area contributed by atoms with Gasteiger partial charge in [-0.15, -0.1) is 0 Å². The average molecular weight is 571 g/mol. The zero-order valence-corrected chi connectivity index (χ0v) is 24.6. The van der Waals surface area contributed by atoms with Gasteiger partial charge in [0.05, 0.1) is 31.8 Å². The Morgan fingerprint density at radius 3 is 2.43 bits per heavy atom. The molecule has 0 saturated carbocycles. The number of nitrogens with two attached hydrogens (primary N) is 1. The van der Waals surface area contributed by atoms with Crippen molar-refractivity contribution in [3.05, 3.63) is 88.8 Å². The van der Waals surface area contributed by atoms with E-state index in [9.17, 15) is 10.1 Å². The fourth-order valence-electron chi connectivity index (χ4n) is 4.65. The molecule has 42 heavy (non-hydrogen) atoms. The minimum absolute atomic E-state index is 0.00863. The van der Waals surface area contributed by atoms with Crippen molar-refractivity contribution in [3.8, 4) is 34.8 Å². The molecule has 0 saturated heterocycles. The molecular formula is C34H38N2O6. The largest absolute Gasteiger partial charge is 0.493 e. The van der Waals surface area contributed by atoms with Crippen LogP contribution in [-0.4, -0.2) is 26.3 Å². The molecule has 2 N–H and O–H groups in total. The molecule has 0 radical (unpaired) electrons. The van der Waals surface area contributed by atoms with Crippen LogP contribution in [0.25, 0.3) is 0 Å². The van der Waals surface area contributed by atoms with Crippen molar-refractivity contribution >= 4 is 5.97 Å². The predicted octanol–water partition coefficient (Wildman–Crippen LogP) is 7.13. The quantitative estimate of drug-likeness (QED) is 0.131. The van der Waals surface area contributed by atoms with Crippen LogP contribution in [0.4, 0.5) is 0 Å². The van der Waals surface area contributed by atoms with Gasteiger partial charge >= 0.3 is 5.97 Å². The van der Waals surface area contributed by atoms with E-state index in [2.05, 4.69) is 26.8 Å². The minimum atomic E-state index is -0.519. The summed E-state index contributed by atoms with van der Waals surface area (Å²) in [5, 5.41) is 9.96. The fraction of sp³-hybridized carbons (Fsp3) is 0.353. The summed E-state index contributed by atoms with van der Waals surface area (Å²) in [5.41, 5.74) is 8.36. The number of nitriles is 1. The van der Waals surface area contributed by atoms with E-state index in [-0.39, 0.29) is 17.2 Å². The number of methoxy groups -OCH3 is 1. The van der Waals surface area contributed by atoms with E-state index in [4.69, 9.17) is 29.4 Å². The lowest BCUT2D eigenvalue weighted by Crippen LogP contribution is -2.21. The Labute approximate surface area is 247 Å². The molecule has 1 heterocycles. The second kappa shape index (κ2) is 14.3. The number of unbranched alkanes of at least 4 members (excludes halogenated alkanes) is 3. The number of fused-ring (bicyclic) bond motifs is 1. The van der Waals surface area contributed by atoms with Crippen LogP contribution in [0.2, 0.25) is 0 Å². The zero-order chi connectivity index (χ0) is 30.1. The molecule has 3 aromatic rings. The first-order valence-corrected chi connectivity index (χ1v) is 14.3. The Morgan fingerprint density at radius 1 is 0.976 bits per heavy atom. The highest BCUT2D eigenvalue weighted by Gasteiger charge is 2.32. The normalized spacial score (nSPS) is 14.0. The third kappa shape index (κ3) is 7.35. The van der Waals surface area contributed by atoms with Gasteiger partial charge in [-0.05, 0) is 60.4 Å². The molecule has 1 aliphatic rings. The smallest absolute Gasteiger partial charge is 0.343 e. The molecule has 0 bridgehead atoms. The van der Waals surface area contributed by atoms with Gasteiger partial charge in [0, 0.05) is 11.6 Å². The van der Waals surface area contributed by atoms with E-state index in [0.29, 0.717) is 53.3 Å². The average Bonchev–Trinajstić information content (AvgIpc) is 2.99. The number of carbonyl (C=O) groups excluding carboxylic acids is 1. The third-order valence-electron chi connectivity index (χ3n) is 6.85. The SMILES string of the molecule is CCCCCCOc1ccc(C2C(C#N)=C(N)Oc3cc(OC(=O)c4ccc(OCC(C)C)cc4)ccc32)cc1OC. The first-order chi connectivity index (χ1) is 20.3. The zero-order valence-electron chi connectivity index (χ0n) is 24.6. The van der Waals surface area contributed by atoms with E-state index < -0.39 is 11.9 Å². The maximum Gasteiger partial charge on any atom is 0.343 e. The van der Waals surface area contributed by atoms with Crippen molar-refractivity contribution in [1.82, 2.24) is 0 Å². The van der Waals surface area contributed by atoms with Gasteiger partial charge in [0.2, 0.25) is 5.88 Å². The summed E-state index contributed by atoms with van der Waals surface area (Å²) in [6.07, 6.45) is 4.42. The van der Waals surface area contributed by atoms with E-state index in [1.165, 1.54) is 6.42 Å². The first kappa shape index (κ1) is 30.3. The van der Waals surface area contributed by atoms with Crippen LogP contribution in [0.3, 0.4) is 0 Å². The molecule has 0 spiro atoms. The molecule has 0 amide bonds. The lowest BCUT2D eigenvalue weighted by atomic mass is 9.83. The molecule has 8 heteroatoms. The summed E-state index contributed by atoms with van der Waals surface area (Å²) in [5.74, 6) is 1.94. The topological polar surface area (TPSA) is 113 Å². The Bertz CT molecular complexity index is 1460. The van der Waals surface area contributed by atoms with Gasteiger partial charge in [0.15, 0.2) is 11.5 Å². The number of carbonyl (C=O) groups is 1. The Balaban J connectivity index is 1.54. The molecule has 220 valence electrons. The molecule has 0 fully saturated rings. The highest BCUT2D eigenvalue weighted by atomic mass is 16.5. The van der Waals surface area contributed by atoms with Gasteiger partial charge in [-0.25, -0.2) is 4.79 Å². The van der Waals surface area contributed by atoms with Crippen LogP contribution in [0.1, 0.15) is 73.9 Å². The summed E-state index contributed by atoms with van der Waals surface area (Å²) in [4.78, 5) is 12.8. The molecular weight excluding hydrogens is 532 g/mol. The number of ether oxygens (including phenoxy) is 5. The molecule has 4 rings (SSSR count). The van der Waals surface area contributed by atoms with Crippen molar-refractivity contribution in [2.45, 2.75) is 52.4 Å². The number of benzene rings is 3. The minimum Gasteiger partial charge on any atom is -0.493 e. The number of allylic oxidation sites excluding steroid dienone is 1. The van der Waals surface area contributed by atoms with Crippen molar-refractivity contribution in [3.63, 3.8) is 0 Å². The maximum absolute atomic E-state index is 12.8. The van der Waals surface area contributed by atoms with Crippen molar-refractivity contribution in [2.75, 3.05) is 20.3 Å². The number of nitrogens with zero attached hydrogens (tertiary/aromatic N) is 1. The lowest BCUT2D eigenvalue weighted by molar-refractivity contribution is 0.0734. The summed E-state index contributed by atoms with van der Waals surface area (Å²) < 4.78 is 28.7. The monoisotopic (exact) mass is 570 g/mol. The molecule has 1 aliphatic heterocycles. The van der Waals surface area contributed by atoms with Crippen LogP contribution in [0.5, 0.6) is 28.7 Å². The van der Waals surface area contributed by atoms with Crippen LogP contribution >= 0.6 is 0 Å². The molecule has 8 nitrogen and oxygen atoms in total. The van der Waals surface area contributed by atoms with Crippen LogP contribution in [-0.2, 0) is 0 Å². The number of hydrogen-bond donors (Lipinski definition) is 1. The third-order valence-corrected chi connectivity index (χ3v) is 6.85. The first-order valence-electron chi connectivity index (χ1n) is 14.3. The van der Waals surface area contributed by atoms with E-state index in [0.717, 1.165) is 24.8 Å². The molecule has 1 unspecified atom stereocenters. The van der Waals surface area contributed by atoms with Gasteiger partial charge in [-0.3, -0.25) is 0 Å². The molecule has 3 aromatic carbocycles. The second-order valence-electron chi connectivity index (χ2n) is 10.6. The highest BCUT2D eigenvalue weighted by molar-refractivity contribution is 5.91. The summed E-state index contributed by atoms with van der Waals surface area (Å²) in [7, 11) is 1.59. The van der Waals surface area contributed by atoms with Gasteiger partial charge in [-0.1, -0.05) is 52.2 Å². The number of esters is 1. The van der Waals surface area contributed by atoms with Gasteiger partial charge in [0.25, 0.3) is 0 Å². The van der Waals surface area contributed by atoms with Crippen molar-refractivity contribution in [2.24, 2.45) is 11.7 Å². The van der Waals surface area contributed by atoms with Gasteiger partial charge in [0.1, 0.15) is 28.9 Å². The van der Waals surface area contributed by atoms with Gasteiger partial charge in [-0.2, -0.15) is 5.26 Å². The molecule has 0 aliphatic carbocycles. The fourth-order valence-corrected chi connectivity index (χ4v) is 4.65.